The Kier molecular flexibility index (Phi) is 5.41. The molecular weight excluding hydrogens is 301 g/mol. The fourth-order valence-corrected chi connectivity index (χ4v) is 2.06. The average Bonchev–Trinajstić information content (AvgIpc) is 2.56. The Hall–Kier alpha value is -2.76. The largest absolute Gasteiger partial charge is 0.497 e. The smallest absolute Gasteiger partial charge is 0.259 e. The van der Waals surface area contributed by atoms with E-state index in [9.17, 15) is 9.18 Å². The number of benzene rings is 2. The molecule has 1 amide bonds. The molecule has 0 unspecified atom stereocenters. The fraction of sp³-hybridized carbons (Fsp3) is 0.235. The van der Waals surface area contributed by atoms with Crippen molar-refractivity contribution in [2.75, 3.05) is 26.1 Å². The van der Waals surface area contributed by atoms with Crippen LogP contribution in [0.25, 0.3) is 0 Å². The Morgan fingerprint density at radius 3 is 2.52 bits per heavy atom. The van der Waals surface area contributed by atoms with E-state index in [1.165, 1.54) is 32.4 Å². The molecule has 0 aliphatic rings. The van der Waals surface area contributed by atoms with Crippen molar-refractivity contribution < 1.29 is 23.4 Å². The lowest BCUT2D eigenvalue weighted by Crippen LogP contribution is -2.14. The number of hydrogen-bond acceptors (Lipinski definition) is 4. The van der Waals surface area contributed by atoms with Gasteiger partial charge in [0.2, 0.25) is 0 Å². The van der Waals surface area contributed by atoms with Crippen molar-refractivity contribution in [1.29, 1.82) is 0 Å². The molecule has 0 fully saturated rings. The molecule has 6 heteroatoms. The summed E-state index contributed by atoms with van der Waals surface area (Å²) in [5, 5.41) is 2.70. The summed E-state index contributed by atoms with van der Waals surface area (Å²) in [6.45, 7) is 2.14. The lowest BCUT2D eigenvalue weighted by molar-refractivity contribution is 0.102. The number of nitrogens with one attached hydrogen (secondary N) is 1. The summed E-state index contributed by atoms with van der Waals surface area (Å²) in [7, 11) is 2.98. The number of anilines is 1. The van der Waals surface area contributed by atoms with Crippen LogP contribution in [0.15, 0.2) is 36.4 Å². The molecule has 0 bridgehead atoms. The molecule has 2 aromatic rings. The van der Waals surface area contributed by atoms with E-state index >= 15 is 0 Å². The maximum absolute atomic E-state index is 13.3. The van der Waals surface area contributed by atoms with Crippen molar-refractivity contribution in [2.24, 2.45) is 0 Å². The minimum atomic E-state index is -0.439. The third kappa shape index (κ3) is 3.91. The Bertz CT molecular complexity index is 703. The van der Waals surface area contributed by atoms with Crippen LogP contribution in [0.4, 0.5) is 10.1 Å². The number of ether oxygens (including phenoxy) is 3. The number of methoxy groups -OCH3 is 2. The molecule has 0 spiro atoms. The van der Waals surface area contributed by atoms with Gasteiger partial charge in [-0.15, -0.1) is 0 Å². The zero-order valence-corrected chi connectivity index (χ0v) is 13.2. The van der Waals surface area contributed by atoms with E-state index < -0.39 is 11.7 Å². The normalized spacial score (nSPS) is 10.1. The Balaban J connectivity index is 2.32. The van der Waals surface area contributed by atoms with Crippen LogP contribution < -0.4 is 19.5 Å². The second-order valence-electron chi connectivity index (χ2n) is 4.59. The van der Waals surface area contributed by atoms with Crippen LogP contribution in [0.2, 0.25) is 0 Å². The van der Waals surface area contributed by atoms with Gasteiger partial charge in [0.25, 0.3) is 5.91 Å². The molecule has 0 aromatic heterocycles. The SMILES string of the molecule is CCOc1cc(F)ccc1NC(=O)c1cc(OC)ccc1OC. The van der Waals surface area contributed by atoms with Gasteiger partial charge in [-0.3, -0.25) is 4.79 Å². The lowest BCUT2D eigenvalue weighted by atomic mass is 10.1. The Labute approximate surface area is 134 Å². The first-order valence-corrected chi connectivity index (χ1v) is 7.04. The number of carbonyl (C=O) groups is 1. The molecular formula is C17H18FNO4. The van der Waals surface area contributed by atoms with Crippen molar-refractivity contribution >= 4 is 11.6 Å². The van der Waals surface area contributed by atoms with Crippen LogP contribution in [0.1, 0.15) is 17.3 Å². The van der Waals surface area contributed by atoms with Crippen LogP contribution in [-0.2, 0) is 0 Å². The van der Waals surface area contributed by atoms with Gasteiger partial charge in [0.1, 0.15) is 23.1 Å². The van der Waals surface area contributed by atoms with Crippen molar-refractivity contribution in [2.45, 2.75) is 6.92 Å². The summed E-state index contributed by atoms with van der Waals surface area (Å²) in [5.41, 5.74) is 0.682. The van der Waals surface area contributed by atoms with E-state index in [-0.39, 0.29) is 5.75 Å². The Morgan fingerprint density at radius 2 is 1.87 bits per heavy atom. The van der Waals surface area contributed by atoms with Crippen molar-refractivity contribution in [3.05, 3.63) is 47.8 Å². The highest BCUT2D eigenvalue weighted by atomic mass is 19.1. The second kappa shape index (κ2) is 7.49. The molecule has 2 aromatic carbocycles. The molecule has 5 nitrogen and oxygen atoms in total. The molecule has 0 radical (unpaired) electrons. The maximum atomic E-state index is 13.3. The van der Waals surface area contributed by atoms with Crippen molar-refractivity contribution in [1.82, 2.24) is 0 Å². The standard InChI is InChI=1S/C17H18FNO4/c1-4-23-16-9-11(18)5-7-14(16)19-17(20)13-10-12(21-2)6-8-15(13)22-3/h5-10H,4H2,1-3H3,(H,19,20). The molecule has 0 heterocycles. The molecule has 122 valence electrons. The average molecular weight is 319 g/mol. The van der Waals surface area contributed by atoms with Gasteiger partial charge in [-0.1, -0.05) is 0 Å². The van der Waals surface area contributed by atoms with E-state index in [0.717, 1.165) is 0 Å². The molecule has 0 saturated carbocycles. The summed E-state index contributed by atoms with van der Waals surface area (Å²) in [6.07, 6.45) is 0. The molecule has 0 atom stereocenters. The third-order valence-corrected chi connectivity index (χ3v) is 3.14. The van der Waals surface area contributed by atoms with Gasteiger partial charge in [0, 0.05) is 6.07 Å². The first-order chi connectivity index (χ1) is 11.1. The van der Waals surface area contributed by atoms with Gasteiger partial charge in [-0.2, -0.15) is 0 Å². The minimum absolute atomic E-state index is 0.266. The molecule has 23 heavy (non-hydrogen) atoms. The summed E-state index contributed by atoms with van der Waals surface area (Å²) in [4.78, 5) is 12.5. The zero-order valence-electron chi connectivity index (χ0n) is 13.2. The van der Waals surface area contributed by atoms with E-state index in [2.05, 4.69) is 5.32 Å². The highest BCUT2D eigenvalue weighted by Crippen LogP contribution is 2.29. The van der Waals surface area contributed by atoms with Gasteiger partial charge >= 0.3 is 0 Å². The summed E-state index contributed by atoms with van der Waals surface area (Å²) in [6, 6.07) is 8.83. The number of rotatable bonds is 6. The number of amides is 1. The summed E-state index contributed by atoms with van der Waals surface area (Å²) < 4.78 is 29.0. The first kappa shape index (κ1) is 16.6. The molecule has 0 aliphatic carbocycles. The predicted molar refractivity (Wildman–Crippen MR) is 85.1 cm³/mol. The summed E-state index contributed by atoms with van der Waals surface area (Å²) >= 11 is 0. The van der Waals surface area contributed by atoms with Crippen LogP contribution in [0, 0.1) is 5.82 Å². The van der Waals surface area contributed by atoms with E-state index in [4.69, 9.17) is 14.2 Å². The Morgan fingerprint density at radius 1 is 1.09 bits per heavy atom. The second-order valence-corrected chi connectivity index (χ2v) is 4.59. The van der Waals surface area contributed by atoms with Crippen LogP contribution >= 0.6 is 0 Å². The monoisotopic (exact) mass is 319 g/mol. The topological polar surface area (TPSA) is 56.8 Å². The van der Waals surface area contributed by atoms with Gasteiger partial charge in [-0.05, 0) is 37.3 Å². The van der Waals surface area contributed by atoms with Crippen molar-refractivity contribution in [3.8, 4) is 17.2 Å². The number of hydrogen-bond donors (Lipinski definition) is 1. The van der Waals surface area contributed by atoms with Crippen LogP contribution in [0.3, 0.4) is 0 Å². The number of halogens is 1. The first-order valence-electron chi connectivity index (χ1n) is 7.04. The molecule has 0 saturated heterocycles. The van der Waals surface area contributed by atoms with Gasteiger partial charge in [0.05, 0.1) is 32.1 Å². The van der Waals surface area contributed by atoms with Gasteiger partial charge in [-0.25, -0.2) is 4.39 Å². The quantitative estimate of drug-likeness (QED) is 0.885. The number of carbonyl (C=O) groups excluding carboxylic acids is 1. The molecule has 2 rings (SSSR count). The highest BCUT2D eigenvalue weighted by Gasteiger charge is 2.16. The third-order valence-electron chi connectivity index (χ3n) is 3.14. The van der Waals surface area contributed by atoms with Gasteiger partial charge in [0.15, 0.2) is 0 Å². The van der Waals surface area contributed by atoms with Crippen molar-refractivity contribution in [3.63, 3.8) is 0 Å². The van der Waals surface area contributed by atoms with Crippen LogP contribution in [0.5, 0.6) is 17.2 Å². The fourth-order valence-electron chi connectivity index (χ4n) is 2.06. The predicted octanol–water partition coefficient (Wildman–Crippen LogP) is 3.49. The maximum Gasteiger partial charge on any atom is 0.259 e. The minimum Gasteiger partial charge on any atom is -0.497 e. The molecule has 1 N–H and O–H groups in total. The van der Waals surface area contributed by atoms with E-state index in [1.54, 1.807) is 25.1 Å². The molecule has 0 aliphatic heterocycles. The summed E-state index contributed by atoms with van der Waals surface area (Å²) in [5.74, 6) is 0.352. The highest BCUT2D eigenvalue weighted by molar-refractivity contribution is 6.07. The van der Waals surface area contributed by atoms with Gasteiger partial charge < -0.3 is 19.5 Å². The van der Waals surface area contributed by atoms with Crippen LogP contribution in [-0.4, -0.2) is 26.7 Å². The lowest BCUT2D eigenvalue weighted by Gasteiger charge is -2.13. The zero-order chi connectivity index (χ0) is 16.8. The van der Waals surface area contributed by atoms with E-state index in [0.29, 0.717) is 29.4 Å². The van der Waals surface area contributed by atoms with E-state index in [1.807, 2.05) is 0 Å².